The predicted octanol–water partition coefficient (Wildman–Crippen LogP) is 5.52. The second-order valence-corrected chi connectivity index (χ2v) is 9.67. The molecule has 11 heteroatoms. The molecule has 0 atom stereocenters. The van der Waals surface area contributed by atoms with Gasteiger partial charge < -0.3 is 24.9 Å². The Hall–Kier alpha value is -3.70. The first-order valence-electron chi connectivity index (χ1n) is 12.1. The summed E-state index contributed by atoms with van der Waals surface area (Å²) in [6.45, 7) is 8.91. The molecule has 0 saturated carbocycles. The molecule has 0 spiro atoms. The predicted molar refractivity (Wildman–Crippen MR) is 152 cm³/mol. The Balaban J connectivity index is 0.000000345. The highest BCUT2D eigenvalue weighted by atomic mass is 79.9. The van der Waals surface area contributed by atoms with Crippen LogP contribution in [0.3, 0.4) is 0 Å². The van der Waals surface area contributed by atoms with Crippen LogP contribution in [-0.4, -0.2) is 64.9 Å². The standard InChI is InChI=1S/C19H22BrN5O.C7H6F2.2CH2O/c1-24-8-6-13(7-9-24)11-21-18-10-16(14-4-2-3-5-17(14)26)23-19-15(20)12-22-25(18)19;1-5-2-3-6(8)7(9)4-5;2*1-2/h2-5,10,12-13,21,26H,6-9,11H2,1H3;2-4H,1H3;2*1H2. The van der Waals surface area contributed by atoms with E-state index in [9.17, 15) is 13.9 Å². The van der Waals surface area contributed by atoms with Crippen LogP contribution in [0.4, 0.5) is 14.6 Å². The molecule has 2 aromatic carbocycles. The zero-order chi connectivity index (χ0) is 28.9. The van der Waals surface area contributed by atoms with E-state index in [0.717, 1.165) is 59.0 Å². The highest BCUT2D eigenvalue weighted by Crippen LogP contribution is 2.31. The number of nitrogens with zero attached hydrogens (tertiary/aromatic N) is 4. The molecule has 1 fully saturated rings. The third-order valence-electron chi connectivity index (χ3n) is 6.09. The number of piperidine rings is 1. The Morgan fingerprint density at radius 3 is 2.33 bits per heavy atom. The van der Waals surface area contributed by atoms with E-state index in [0.29, 0.717) is 11.5 Å². The highest BCUT2D eigenvalue weighted by molar-refractivity contribution is 9.10. The van der Waals surface area contributed by atoms with Crippen LogP contribution in [-0.2, 0) is 9.59 Å². The second kappa shape index (κ2) is 15.6. The molecule has 4 aromatic rings. The molecular weight excluding hydrogens is 572 g/mol. The largest absolute Gasteiger partial charge is 0.507 e. The van der Waals surface area contributed by atoms with Crippen LogP contribution in [0.2, 0.25) is 0 Å². The maximum absolute atomic E-state index is 12.2. The Kier molecular flexibility index (Phi) is 12.6. The molecule has 1 aliphatic heterocycles. The average molecular weight is 604 g/mol. The van der Waals surface area contributed by atoms with Crippen molar-refractivity contribution in [1.82, 2.24) is 19.5 Å². The van der Waals surface area contributed by atoms with Gasteiger partial charge in [0.1, 0.15) is 25.1 Å². The van der Waals surface area contributed by atoms with Gasteiger partial charge in [-0.25, -0.2) is 13.8 Å². The van der Waals surface area contributed by atoms with Gasteiger partial charge in [-0.2, -0.15) is 9.61 Å². The molecule has 0 unspecified atom stereocenters. The van der Waals surface area contributed by atoms with Gasteiger partial charge in [0, 0.05) is 18.2 Å². The van der Waals surface area contributed by atoms with Gasteiger partial charge in [0.2, 0.25) is 0 Å². The van der Waals surface area contributed by atoms with Gasteiger partial charge in [0.05, 0.1) is 16.4 Å². The zero-order valence-corrected chi connectivity index (χ0v) is 23.5. The van der Waals surface area contributed by atoms with Crippen LogP contribution in [0.25, 0.3) is 16.9 Å². The lowest BCUT2D eigenvalue weighted by atomic mass is 9.97. The van der Waals surface area contributed by atoms with Gasteiger partial charge in [-0.1, -0.05) is 18.2 Å². The number of aryl methyl sites for hydroxylation is 1. The van der Waals surface area contributed by atoms with Crippen LogP contribution in [0.1, 0.15) is 18.4 Å². The molecule has 2 N–H and O–H groups in total. The first-order chi connectivity index (χ1) is 18.8. The van der Waals surface area contributed by atoms with Crippen LogP contribution in [0.5, 0.6) is 5.75 Å². The van der Waals surface area contributed by atoms with Crippen molar-refractivity contribution in [2.75, 3.05) is 32.0 Å². The maximum atomic E-state index is 12.2. The number of para-hydroxylation sites is 1. The van der Waals surface area contributed by atoms with E-state index < -0.39 is 11.6 Å². The number of carbonyl (C=O) groups is 2. The minimum absolute atomic E-state index is 0.223. The van der Waals surface area contributed by atoms with Crippen molar-refractivity contribution in [3.8, 4) is 17.0 Å². The van der Waals surface area contributed by atoms with E-state index in [2.05, 4.69) is 43.3 Å². The van der Waals surface area contributed by atoms with E-state index in [1.165, 1.54) is 18.9 Å². The summed E-state index contributed by atoms with van der Waals surface area (Å²) >= 11 is 3.52. The van der Waals surface area contributed by atoms with Crippen LogP contribution in [0.15, 0.2) is 59.2 Å². The summed E-state index contributed by atoms with van der Waals surface area (Å²) in [5.41, 5.74) is 2.90. The molecule has 39 heavy (non-hydrogen) atoms. The van der Waals surface area contributed by atoms with Gasteiger partial charge in [0.15, 0.2) is 17.3 Å². The van der Waals surface area contributed by atoms with E-state index >= 15 is 0 Å². The lowest BCUT2D eigenvalue weighted by Crippen LogP contribution is -2.33. The SMILES string of the molecule is C=O.C=O.CN1CCC(CNc2cc(-c3ccccc3O)nc3c(Br)cnn23)CC1.Cc1ccc(F)c(F)c1. The quantitative estimate of drug-likeness (QED) is 0.317. The Morgan fingerprint density at radius 2 is 1.72 bits per heavy atom. The van der Waals surface area contributed by atoms with Crippen molar-refractivity contribution in [2.45, 2.75) is 19.8 Å². The maximum Gasteiger partial charge on any atom is 0.172 e. The van der Waals surface area contributed by atoms with Crippen molar-refractivity contribution in [2.24, 2.45) is 5.92 Å². The monoisotopic (exact) mass is 603 g/mol. The number of hydrogen-bond acceptors (Lipinski definition) is 7. The van der Waals surface area contributed by atoms with Gasteiger partial charge in [-0.05, 0) is 91.6 Å². The number of aromatic nitrogens is 3. The van der Waals surface area contributed by atoms with Gasteiger partial charge in [-0.3, -0.25) is 0 Å². The molecule has 208 valence electrons. The van der Waals surface area contributed by atoms with Gasteiger partial charge in [0.25, 0.3) is 0 Å². The Labute approximate surface area is 234 Å². The topological polar surface area (TPSA) is 99.8 Å². The molecule has 0 aliphatic carbocycles. The lowest BCUT2D eigenvalue weighted by molar-refractivity contribution is -0.0987. The minimum atomic E-state index is -0.791. The number of phenols is 1. The van der Waals surface area contributed by atoms with Crippen LogP contribution in [0, 0.1) is 24.5 Å². The van der Waals surface area contributed by atoms with E-state index in [4.69, 9.17) is 9.59 Å². The van der Waals surface area contributed by atoms with Crippen molar-refractivity contribution < 1.29 is 23.5 Å². The molecule has 1 aliphatic rings. The summed E-state index contributed by atoms with van der Waals surface area (Å²) in [5, 5.41) is 18.2. The van der Waals surface area contributed by atoms with Crippen molar-refractivity contribution in [1.29, 1.82) is 0 Å². The second-order valence-electron chi connectivity index (χ2n) is 8.82. The number of phenolic OH excluding ortho intramolecular Hbond substituents is 1. The van der Waals surface area contributed by atoms with E-state index in [-0.39, 0.29) is 5.75 Å². The molecule has 8 nitrogen and oxygen atoms in total. The van der Waals surface area contributed by atoms with Crippen molar-refractivity contribution in [3.05, 3.63) is 76.4 Å². The normalized spacial score (nSPS) is 13.3. The average Bonchev–Trinajstić information content (AvgIpc) is 3.34. The number of anilines is 1. The number of fused-ring (bicyclic) bond motifs is 1. The lowest BCUT2D eigenvalue weighted by Gasteiger charge is -2.29. The van der Waals surface area contributed by atoms with Crippen molar-refractivity contribution >= 4 is 41.0 Å². The Morgan fingerprint density at radius 1 is 1.05 bits per heavy atom. The fourth-order valence-corrected chi connectivity index (χ4v) is 4.35. The number of aromatic hydroxyl groups is 1. The number of benzene rings is 2. The van der Waals surface area contributed by atoms with Gasteiger partial charge in [-0.15, -0.1) is 0 Å². The molecule has 1 saturated heterocycles. The molecule has 5 rings (SSSR count). The van der Waals surface area contributed by atoms with E-state index in [1.807, 2.05) is 42.4 Å². The Bertz CT molecular complexity index is 1340. The number of hydrogen-bond donors (Lipinski definition) is 2. The number of halogens is 3. The van der Waals surface area contributed by atoms with Gasteiger partial charge >= 0.3 is 0 Å². The van der Waals surface area contributed by atoms with Crippen LogP contribution < -0.4 is 5.32 Å². The smallest absolute Gasteiger partial charge is 0.172 e. The fraction of sp³-hybridized carbons (Fsp3) is 0.286. The molecule has 0 amide bonds. The number of nitrogens with one attached hydrogen (secondary N) is 1. The molecular formula is C28H32BrF2N5O3. The molecule has 2 aromatic heterocycles. The summed E-state index contributed by atoms with van der Waals surface area (Å²) < 4.78 is 27.0. The summed E-state index contributed by atoms with van der Waals surface area (Å²) in [6, 6.07) is 13.0. The highest BCUT2D eigenvalue weighted by Gasteiger charge is 2.18. The fourth-order valence-electron chi connectivity index (χ4n) is 4.01. The summed E-state index contributed by atoms with van der Waals surface area (Å²) in [7, 11) is 2.18. The van der Waals surface area contributed by atoms with Crippen molar-refractivity contribution in [3.63, 3.8) is 0 Å². The zero-order valence-electron chi connectivity index (χ0n) is 21.9. The first-order valence-corrected chi connectivity index (χ1v) is 12.9. The number of rotatable bonds is 4. The molecule has 0 bridgehead atoms. The molecule has 0 radical (unpaired) electrons. The van der Waals surface area contributed by atoms with Crippen LogP contribution >= 0.6 is 15.9 Å². The van der Waals surface area contributed by atoms with E-state index in [1.54, 1.807) is 19.2 Å². The number of likely N-dealkylation sites (tertiary alicyclic amines) is 1. The molecule has 3 heterocycles. The summed E-state index contributed by atoms with van der Waals surface area (Å²) in [4.78, 5) is 23.1. The first kappa shape index (κ1) is 31.5. The summed E-state index contributed by atoms with van der Waals surface area (Å²) in [6.07, 6.45) is 4.15. The number of carbonyl (C=O) groups excluding carboxylic acids is 2. The minimum Gasteiger partial charge on any atom is -0.507 e. The summed E-state index contributed by atoms with van der Waals surface area (Å²) in [5.74, 6) is 0.191. The third-order valence-corrected chi connectivity index (χ3v) is 6.65. The third kappa shape index (κ3) is 8.66.